The van der Waals surface area contributed by atoms with Gasteiger partial charge in [-0.25, -0.2) is 19.4 Å². The molecule has 0 unspecified atom stereocenters. The fourth-order valence-electron chi connectivity index (χ4n) is 3.56. The number of nitrogens with one attached hydrogen (secondary N) is 2. The van der Waals surface area contributed by atoms with Crippen LogP contribution in [0.15, 0.2) is 55.2 Å². The number of rotatable bonds is 5. The number of urea groups is 1. The predicted octanol–water partition coefficient (Wildman–Crippen LogP) is 2.60. The van der Waals surface area contributed by atoms with Crippen LogP contribution in [-0.4, -0.2) is 51.1 Å². The molecule has 0 bridgehead atoms. The minimum Gasteiger partial charge on any atom is -0.372 e. The van der Waals surface area contributed by atoms with Gasteiger partial charge in [-0.1, -0.05) is 18.2 Å². The number of carbonyl (C=O) groups is 1. The smallest absolute Gasteiger partial charge is 0.319 e. The fourth-order valence-corrected chi connectivity index (χ4v) is 3.56. The van der Waals surface area contributed by atoms with E-state index < -0.39 is 0 Å². The molecule has 2 N–H and O–H groups in total. The van der Waals surface area contributed by atoms with Crippen molar-refractivity contribution in [2.45, 2.75) is 32.6 Å². The van der Waals surface area contributed by atoms with Crippen LogP contribution in [0.3, 0.4) is 0 Å². The minimum absolute atomic E-state index is 0.142. The van der Waals surface area contributed by atoms with E-state index in [4.69, 9.17) is 4.74 Å². The summed E-state index contributed by atoms with van der Waals surface area (Å²) in [5.74, 6) is 0.670. The summed E-state index contributed by atoms with van der Waals surface area (Å²) in [6.07, 6.45) is 5.03. The number of ether oxygens (including phenoxy) is 1. The zero-order chi connectivity index (χ0) is 20.9. The SMILES string of the molecule is C[C@@H]1CN(c2ccccc2NC(=O)NCc2ccc(-n3cncn3)nc2)C[C@H](C)O1. The largest absolute Gasteiger partial charge is 0.372 e. The van der Waals surface area contributed by atoms with Crippen LogP contribution in [0.2, 0.25) is 0 Å². The van der Waals surface area contributed by atoms with Crippen LogP contribution in [0.4, 0.5) is 16.2 Å². The molecule has 1 aliphatic heterocycles. The number of aromatic nitrogens is 4. The maximum absolute atomic E-state index is 12.5. The average Bonchev–Trinajstić information content (AvgIpc) is 3.27. The second-order valence-corrected chi connectivity index (χ2v) is 7.35. The van der Waals surface area contributed by atoms with Crippen LogP contribution in [-0.2, 0) is 11.3 Å². The van der Waals surface area contributed by atoms with E-state index in [9.17, 15) is 4.79 Å². The van der Waals surface area contributed by atoms with Gasteiger partial charge in [0.2, 0.25) is 0 Å². The Bertz CT molecular complexity index is 965. The third kappa shape index (κ3) is 4.74. The third-order valence-corrected chi connectivity index (χ3v) is 4.83. The summed E-state index contributed by atoms with van der Waals surface area (Å²) in [7, 11) is 0. The molecule has 0 aliphatic carbocycles. The molecule has 1 aromatic carbocycles. The van der Waals surface area contributed by atoms with Gasteiger partial charge < -0.3 is 20.3 Å². The van der Waals surface area contributed by atoms with Gasteiger partial charge in [-0.05, 0) is 37.6 Å². The fraction of sp³-hybridized carbons (Fsp3) is 0.333. The van der Waals surface area contributed by atoms with Crippen LogP contribution in [0.5, 0.6) is 0 Å². The Morgan fingerprint density at radius 2 is 1.97 bits per heavy atom. The van der Waals surface area contributed by atoms with Crippen molar-refractivity contribution in [2.75, 3.05) is 23.3 Å². The van der Waals surface area contributed by atoms with E-state index in [1.54, 1.807) is 17.2 Å². The maximum Gasteiger partial charge on any atom is 0.319 e. The van der Waals surface area contributed by atoms with E-state index in [1.807, 2.05) is 36.4 Å². The highest BCUT2D eigenvalue weighted by molar-refractivity contribution is 5.93. The Kier molecular flexibility index (Phi) is 5.89. The van der Waals surface area contributed by atoms with Crippen molar-refractivity contribution >= 4 is 17.4 Å². The molecule has 156 valence electrons. The Morgan fingerprint density at radius 3 is 2.67 bits per heavy atom. The third-order valence-electron chi connectivity index (χ3n) is 4.83. The van der Waals surface area contributed by atoms with Gasteiger partial charge >= 0.3 is 6.03 Å². The number of pyridine rings is 1. The molecular formula is C21H25N7O2. The summed E-state index contributed by atoms with van der Waals surface area (Å²) in [5.41, 5.74) is 2.66. The molecule has 9 heteroatoms. The summed E-state index contributed by atoms with van der Waals surface area (Å²) in [6.45, 7) is 6.06. The van der Waals surface area contributed by atoms with Gasteiger partial charge in [0.15, 0.2) is 5.82 Å². The van der Waals surface area contributed by atoms with Crippen molar-refractivity contribution in [3.05, 3.63) is 60.8 Å². The molecule has 4 rings (SSSR count). The lowest BCUT2D eigenvalue weighted by Gasteiger charge is -2.37. The molecule has 30 heavy (non-hydrogen) atoms. The van der Waals surface area contributed by atoms with Crippen molar-refractivity contribution in [1.29, 1.82) is 0 Å². The summed E-state index contributed by atoms with van der Waals surface area (Å²) in [6, 6.07) is 11.3. The van der Waals surface area contributed by atoms with Gasteiger partial charge in [-0.15, -0.1) is 0 Å². The molecule has 0 radical (unpaired) electrons. The standard InChI is InChI=1S/C21H25N7O2/c1-15-11-27(12-16(2)30-15)19-6-4-3-5-18(19)26-21(29)24-10-17-7-8-20(23-9-17)28-14-22-13-25-28/h3-9,13-16H,10-12H2,1-2H3,(H2,24,26,29)/t15-,16+. The molecule has 2 atom stereocenters. The molecule has 1 fully saturated rings. The van der Waals surface area contributed by atoms with Crippen molar-refractivity contribution in [1.82, 2.24) is 25.1 Å². The molecule has 1 aliphatic rings. The van der Waals surface area contributed by atoms with Gasteiger partial charge in [0.05, 0.1) is 23.6 Å². The second-order valence-electron chi connectivity index (χ2n) is 7.35. The van der Waals surface area contributed by atoms with Crippen LogP contribution >= 0.6 is 0 Å². The summed E-state index contributed by atoms with van der Waals surface area (Å²) < 4.78 is 7.40. The first kappa shape index (κ1) is 19.8. The number of carbonyl (C=O) groups excluding carboxylic acids is 1. The molecule has 0 spiro atoms. The summed E-state index contributed by atoms with van der Waals surface area (Å²) in [4.78, 5) is 23.0. The molecule has 2 amide bonds. The van der Waals surface area contributed by atoms with E-state index in [2.05, 4.69) is 44.4 Å². The van der Waals surface area contributed by atoms with Crippen LogP contribution < -0.4 is 15.5 Å². The number of morpholine rings is 1. The number of anilines is 2. The van der Waals surface area contributed by atoms with Crippen LogP contribution in [0.25, 0.3) is 5.82 Å². The summed E-state index contributed by atoms with van der Waals surface area (Å²) in [5, 5.41) is 9.89. The lowest BCUT2D eigenvalue weighted by molar-refractivity contribution is -0.00517. The van der Waals surface area contributed by atoms with E-state index in [0.717, 1.165) is 30.0 Å². The normalized spacial score (nSPS) is 18.8. The molecule has 1 saturated heterocycles. The number of amides is 2. The van der Waals surface area contributed by atoms with Crippen molar-refractivity contribution in [2.24, 2.45) is 0 Å². The predicted molar refractivity (Wildman–Crippen MR) is 114 cm³/mol. The van der Waals surface area contributed by atoms with E-state index >= 15 is 0 Å². The van der Waals surface area contributed by atoms with Crippen molar-refractivity contribution < 1.29 is 9.53 Å². The minimum atomic E-state index is -0.267. The number of hydrogen-bond donors (Lipinski definition) is 2. The number of nitrogens with zero attached hydrogens (tertiary/aromatic N) is 5. The van der Waals surface area contributed by atoms with Crippen LogP contribution in [0.1, 0.15) is 19.4 Å². The van der Waals surface area contributed by atoms with E-state index in [1.165, 1.54) is 6.33 Å². The molecule has 3 heterocycles. The lowest BCUT2D eigenvalue weighted by atomic mass is 10.1. The highest BCUT2D eigenvalue weighted by Crippen LogP contribution is 2.28. The molecular weight excluding hydrogens is 382 g/mol. The van der Waals surface area contributed by atoms with Gasteiger partial charge in [-0.2, -0.15) is 5.10 Å². The first-order chi connectivity index (χ1) is 14.6. The molecule has 9 nitrogen and oxygen atoms in total. The molecule has 3 aromatic rings. The zero-order valence-corrected chi connectivity index (χ0v) is 17.0. The first-order valence-electron chi connectivity index (χ1n) is 9.92. The molecule has 2 aromatic heterocycles. The van der Waals surface area contributed by atoms with Gasteiger partial charge in [0.25, 0.3) is 0 Å². The maximum atomic E-state index is 12.5. The van der Waals surface area contributed by atoms with E-state index in [-0.39, 0.29) is 18.2 Å². The Morgan fingerprint density at radius 1 is 1.17 bits per heavy atom. The van der Waals surface area contributed by atoms with Crippen molar-refractivity contribution in [3.63, 3.8) is 0 Å². The number of para-hydroxylation sites is 2. The Hall–Kier alpha value is -3.46. The number of hydrogen-bond acceptors (Lipinski definition) is 6. The Labute approximate surface area is 175 Å². The monoisotopic (exact) mass is 407 g/mol. The van der Waals surface area contributed by atoms with Gasteiger partial charge in [-0.3, -0.25) is 0 Å². The zero-order valence-electron chi connectivity index (χ0n) is 17.0. The quantitative estimate of drug-likeness (QED) is 0.675. The van der Waals surface area contributed by atoms with Gasteiger partial charge in [0.1, 0.15) is 12.7 Å². The number of benzene rings is 1. The van der Waals surface area contributed by atoms with E-state index in [0.29, 0.717) is 12.4 Å². The van der Waals surface area contributed by atoms with Gasteiger partial charge in [0, 0.05) is 25.8 Å². The highest BCUT2D eigenvalue weighted by Gasteiger charge is 2.24. The van der Waals surface area contributed by atoms with Crippen molar-refractivity contribution in [3.8, 4) is 5.82 Å². The lowest BCUT2D eigenvalue weighted by Crippen LogP contribution is -2.45. The average molecular weight is 407 g/mol. The summed E-state index contributed by atoms with van der Waals surface area (Å²) >= 11 is 0. The first-order valence-corrected chi connectivity index (χ1v) is 9.92. The topological polar surface area (TPSA) is 97.2 Å². The highest BCUT2D eigenvalue weighted by atomic mass is 16.5. The Balaban J connectivity index is 1.36. The van der Waals surface area contributed by atoms with Crippen LogP contribution in [0, 0.1) is 0 Å². The molecule has 0 saturated carbocycles. The second kappa shape index (κ2) is 8.91.